The van der Waals surface area contributed by atoms with Crippen LogP contribution in [0, 0.1) is 0 Å². The minimum atomic E-state index is -0.207. The zero-order valence-corrected chi connectivity index (χ0v) is 10.1. The monoisotopic (exact) mass is 235 g/mol. The summed E-state index contributed by atoms with van der Waals surface area (Å²) in [6.45, 7) is 4.12. The lowest BCUT2D eigenvalue weighted by molar-refractivity contribution is -0.114. The van der Waals surface area contributed by atoms with Gasteiger partial charge in [-0.2, -0.15) is 0 Å². The van der Waals surface area contributed by atoms with Crippen LogP contribution in [0.5, 0.6) is 0 Å². The van der Waals surface area contributed by atoms with E-state index >= 15 is 0 Å². The van der Waals surface area contributed by atoms with Gasteiger partial charge in [-0.15, -0.1) is 0 Å². The maximum absolute atomic E-state index is 11.7. The molecule has 0 aliphatic carbocycles. The molecule has 1 aromatic rings. The zero-order chi connectivity index (χ0) is 12.7. The summed E-state index contributed by atoms with van der Waals surface area (Å²) in [5, 5.41) is 5.34. The summed E-state index contributed by atoms with van der Waals surface area (Å²) in [6.07, 6.45) is 3.49. The van der Waals surface area contributed by atoms with Crippen molar-refractivity contribution in [1.82, 2.24) is 10.3 Å². The van der Waals surface area contributed by atoms with Crippen molar-refractivity contribution in [2.24, 2.45) is 0 Å². The number of hydrogen-bond donors (Lipinski definition) is 2. The fourth-order valence-electron chi connectivity index (χ4n) is 1.30. The molecule has 0 aliphatic heterocycles. The Kier molecular flexibility index (Phi) is 5.13. The first-order valence-corrected chi connectivity index (χ1v) is 5.65. The van der Waals surface area contributed by atoms with E-state index in [-0.39, 0.29) is 11.8 Å². The average molecular weight is 235 g/mol. The van der Waals surface area contributed by atoms with E-state index in [1.165, 1.54) is 13.1 Å². The van der Waals surface area contributed by atoms with Crippen LogP contribution in [0.3, 0.4) is 0 Å². The molecule has 0 fully saturated rings. The lowest BCUT2D eigenvalue weighted by Gasteiger charge is -2.06. The van der Waals surface area contributed by atoms with Crippen LogP contribution in [0.1, 0.15) is 37.0 Å². The van der Waals surface area contributed by atoms with Crippen molar-refractivity contribution in [3.05, 3.63) is 23.9 Å². The number of nitrogens with one attached hydrogen (secondary N) is 2. The summed E-state index contributed by atoms with van der Waals surface area (Å²) in [7, 11) is 0. The van der Waals surface area contributed by atoms with Crippen LogP contribution < -0.4 is 10.6 Å². The van der Waals surface area contributed by atoms with Crippen LogP contribution in [-0.4, -0.2) is 23.3 Å². The molecule has 92 valence electrons. The van der Waals surface area contributed by atoms with Gasteiger partial charge in [0.1, 0.15) is 5.82 Å². The highest BCUT2D eigenvalue weighted by molar-refractivity contribution is 5.96. The molecule has 1 rings (SSSR count). The highest BCUT2D eigenvalue weighted by Gasteiger charge is 2.06. The van der Waals surface area contributed by atoms with Crippen LogP contribution in [0.25, 0.3) is 0 Å². The van der Waals surface area contributed by atoms with Crippen LogP contribution in [0.15, 0.2) is 18.3 Å². The molecule has 5 nitrogen and oxygen atoms in total. The van der Waals surface area contributed by atoms with E-state index in [0.717, 1.165) is 12.8 Å². The molecule has 0 bridgehead atoms. The van der Waals surface area contributed by atoms with Crippen molar-refractivity contribution in [1.29, 1.82) is 0 Å². The van der Waals surface area contributed by atoms with Crippen LogP contribution in [0.2, 0.25) is 0 Å². The third-order valence-electron chi connectivity index (χ3n) is 2.14. The molecule has 2 N–H and O–H groups in total. The highest BCUT2D eigenvalue weighted by atomic mass is 16.2. The molecule has 2 amide bonds. The largest absolute Gasteiger partial charge is 0.352 e. The Morgan fingerprint density at radius 3 is 2.82 bits per heavy atom. The van der Waals surface area contributed by atoms with Crippen molar-refractivity contribution < 1.29 is 9.59 Å². The molecular formula is C12H17N3O2. The SMILES string of the molecule is CCCCNC(=O)c1ccnc(NC(C)=O)c1. The van der Waals surface area contributed by atoms with Crippen LogP contribution >= 0.6 is 0 Å². The van der Waals surface area contributed by atoms with Gasteiger partial charge in [-0.3, -0.25) is 9.59 Å². The average Bonchev–Trinajstić information content (AvgIpc) is 2.28. The number of carbonyl (C=O) groups is 2. The van der Waals surface area contributed by atoms with Crippen LogP contribution in [0.4, 0.5) is 5.82 Å². The molecule has 0 saturated heterocycles. The first kappa shape index (κ1) is 13.2. The molecule has 0 aliphatic rings. The normalized spacial score (nSPS) is 9.76. The van der Waals surface area contributed by atoms with Crippen LogP contribution in [-0.2, 0) is 4.79 Å². The van der Waals surface area contributed by atoms with E-state index in [1.54, 1.807) is 12.1 Å². The van der Waals surface area contributed by atoms with Gasteiger partial charge in [0.15, 0.2) is 0 Å². The second kappa shape index (κ2) is 6.62. The number of nitrogens with zero attached hydrogens (tertiary/aromatic N) is 1. The molecule has 0 aromatic carbocycles. The van der Waals surface area contributed by atoms with E-state index in [9.17, 15) is 9.59 Å². The lowest BCUT2D eigenvalue weighted by atomic mass is 10.2. The standard InChI is InChI=1S/C12H17N3O2/c1-3-4-6-14-12(17)10-5-7-13-11(8-10)15-9(2)16/h5,7-8H,3-4,6H2,1-2H3,(H,14,17)(H,13,15,16). The Labute approximate surface area is 101 Å². The van der Waals surface area contributed by atoms with E-state index in [2.05, 4.69) is 22.5 Å². The molecule has 0 spiro atoms. The quantitative estimate of drug-likeness (QED) is 0.761. The molecular weight excluding hydrogens is 218 g/mol. The predicted octanol–water partition coefficient (Wildman–Crippen LogP) is 1.57. The fourth-order valence-corrected chi connectivity index (χ4v) is 1.30. The lowest BCUT2D eigenvalue weighted by Crippen LogP contribution is -2.24. The Balaban J connectivity index is 2.63. The number of aromatic nitrogens is 1. The summed E-state index contributed by atoms with van der Waals surface area (Å²) in [5.41, 5.74) is 0.500. The number of rotatable bonds is 5. The van der Waals surface area contributed by atoms with Gasteiger partial charge in [0.05, 0.1) is 0 Å². The smallest absolute Gasteiger partial charge is 0.251 e. The third kappa shape index (κ3) is 4.63. The van der Waals surface area contributed by atoms with Gasteiger partial charge >= 0.3 is 0 Å². The molecule has 0 radical (unpaired) electrons. The van der Waals surface area contributed by atoms with Crippen molar-refractivity contribution in [3.8, 4) is 0 Å². The molecule has 0 unspecified atom stereocenters. The van der Waals surface area contributed by atoms with Gasteiger partial charge < -0.3 is 10.6 Å². The number of pyridine rings is 1. The molecule has 0 saturated carbocycles. The number of carbonyl (C=O) groups excluding carboxylic acids is 2. The van der Waals surface area contributed by atoms with Gasteiger partial charge in [-0.05, 0) is 18.6 Å². The number of unbranched alkanes of at least 4 members (excludes halogenated alkanes) is 1. The number of hydrogen-bond acceptors (Lipinski definition) is 3. The van der Waals surface area contributed by atoms with Crippen molar-refractivity contribution in [2.45, 2.75) is 26.7 Å². The summed E-state index contributed by atoms with van der Waals surface area (Å²) in [4.78, 5) is 26.5. The maximum atomic E-state index is 11.7. The second-order valence-electron chi connectivity index (χ2n) is 3.72. The van der Waals surface area contributed by atoms with E-state index in [4.69, 9.17) is 0 Å². The number of anilines is 1. The number of amides is 2. The zero-order valence-electron chi connectivity index (χ0n) is 10.1. The summed E-state index contributed by atoms with van der Waals surface area (Å²) in [5.74, 6) is 0.0362. The third-order valence-corrected chi connectivity index (χ3v) is 2.14. The van der Waals surface area contributed by atoms with Gasteiger partial charge in [0, 0.05) is 25.2 Å². The summed E-state index contributed by atoms with van der Waals surface area (Å²) >= 11 is 0. The maximum Gasteiger partial charge on any atom is 0.251 e. The summed E-state index contributed by atoms with van der Waals surface area (Å²) in [6, 6.07) is 3.18. The van der Waals surface area contributed by atoms with Crippen molar-refractivity contribution in [2.75, 3.05) is 11.9 Å². The Morgan fingerprint density at radius 2 is 2.18 bits per heavy atom. The molecule has 5 heteroatoms. The van der Waals surface area contributed by atoms with Gasteiger partial charge in [0.2, 0.25) is 5.91 Å². The van der Waals surface area contributed by atoms with Crippen molar-refractivity contribution in [3.63, 3.8) is 0 Å². The first-order valence-electron chi connectivity index (χ1n) is 5.65. The minimum Gasteiger partial charge on any atom is -0.352 e. The van der Waals surface area contributed by atoms with Crippen molar-refractivity contribution >= 4 is 17.6 Å². The summed E-state index contributed by atoms with van der Waals surface area (Å²) < 4.78 is 0. The second-order valence-corrected chi connectivity index (χ2v) is 3.72. The van der Waals surface area contributed by atoms with E-state index < -0.39 is 0 Å². The first-order chi connectivity index (χ1) is 8.13. The topological polar surface area (TPSA) is 71.1 Å². The van der Waals surface area contributed by atoms with E-state index in [1.807, 2.05) is 0 Å². The van der Waals surface area contributed by atoms with Gasteiger partial charge in [0.25, 0.3) is 5.91 Å². The Morgan fingerprint density at radius 1 is 1.41 bits per heavy atom. The van der Waals surface area contributed by atoms with Gasteiger partial charge in [-0.25, -0.2) is 4.98 Å². The fraction of sp³-hybridized carbons (Fsp3) is 0.417. The predicted molar refractivity (Wildman–Crippen MR) is 65.8 cm³/mol. The molecule has 17 heavy (non-hydrogen) atoms. The molecule has 0 atom stereocenters. The molecule has 1 aromatic heterocycles. The molecule has 1 heterocycles. The Hall–Kier alpha value is -1.91. The minimum absolute atomic E-state index is 0.146. The van der Waals surface area contributed by atoms with E-state index in [0.29, 0.717) is 17.9 Å². The highest BCUT2D eigenvalue weighted by Crippen LogP contribution is 2.06. The Bertz CT molecular complexity index is 404. The van der Waals surface area contributed by atoms with Gasteiger partial charge in [-0.1, -0.05) is 13.3 Å².